The van der Waals surface area contributed by atoms with Gasteiger partial charge in [-0.2, -0.15) is 0 Å². The molecule has 0 bridgehead atoms. The van der Waals surface area contributed by atoms with E-state index in [1.54, 1.807) is 0 Å². The third kappa shape index (κ3) is 11.5. The van der Waals surface area contributed by atoms with Crippen LogP contribution in [0.1, 0.15) is 0 Å². The van der Waals surface area contributed by atoms with Gasteiger partial charge in [0.05, 0.1) is 0 Å². The van der Waals surface area contributed by atoms with E-state index in [0.29, 0.717) is 0 Å². The first-order chi connectivity index (χ1) is 64.0. The highest BCUT2D eigenvalue weighted by Crippen LogP contribution is 2.56. The molecule has 596 valence electrons. The van der Waals surface area contributed by atoms with Gasteiger partial charge in [0.15, 0.2) is 0 Å². The molecule has 0 saturated carbocycles. The molecule has 27 aromatic rings. The van der Waals surface area contributed by atoms with Crippen LogP contribution in [0, 0.1) is 0 Å². The molecule has 3 aromatic heterocycles. The van der Waals surface area contributed by atoms with Crippen LogP contribution in [-0.4, -0.2) is 0 Å². The average molecular weight is 1680 g/mol. The molecule has 0 atom stereocenters. The zero-order chi connectivity index (χ0) is 84.5. The van der Waals surface area contributed by atoms with Crippen molar-refractivity contribution in [1.29, 1.82) is 0 Å². The fourth-order valence-corrected chi connectivity index (χ4v) is 25.9. The lowest BCUT2D eigenvalue weighted by atomic mass is 9.83. The van der Waals surface area contributed by atoms with Crippen LogP contribution in [0.15, 0.2) is 449 Å². The fraction of sp³-hybridized carbons (Fsp3) is 0. The van der Waals surface area contributed by atoms with Crippen LogP contribution in [0.4, 0.5) is 0 Å². The van der Waals surface area contributed by atoms with Crippen molar-refractivity contribution in [1.82, 2.24) is 0 Å². The first-order valence-corrected chi connectivity index (χ1v) is 46.9. The Labute approximate surface area is 756 Å². The molecule has 0 aliphatic carbocycles. The lowest BCUT2D eigenvalue weighted by Crippen LogP contribution is -1.93. The van der Waals surface area contributed by atoms with Crippen molar-refractivity contribution in [3.05, 3.63) is 449 Å². The standard InChI is InChI=1S/C126H74S3/c1-2-30-78-71-81(70-65-75(78)29-1)85-34-5-6-37-92(85)118-102-46-15-17-48-104(102)121(105-49-18-16-47-103(105)118)109-59-26-61-111-123-93(55-28-64-115(123)129-126(109)111)90-54-23-52-88-84(50-22-53-89(88)90)76-66-68-77(69-67-76)116-94-38-7-11-42-98(94)120(99-43-12-8-39-95(99)116)108-58-25-60-110-122-87(51-27-63-114(122)128-125(108)110)83-73-79-31-3-4-35-86(79)112(74-83)80-32-21-33-82(72-80)117-96-40-9-13-44-100(96)119(101-45-14-10-41-97(101)117)107-57-24-56-106-91-36-19-20-62-113(91)127-124(106)107/h1-74H. The molecule has 0 saturated heterocycles. The Morgan fingerprint density at radius 2 is 0.434 bits per heavy atom. The second-order valence-corrected chi connectivity index (χ2v) is 37.6. The molecule has 0 aliphatic heterocycles. The smallest absolute Gasteiger partial charge is 0.0434 e. The van der Waals surface area contributed by atoms with Gasteiger partial charge in [-0.05, 0) is 245 Å². The van der Waals surface area contributed by atoms with Crippen LogP contribution in [0.2, 0.25) is 0 Å². The van der Waals surface area contributed by atoms with E-state index in [9.17, 15) is 0 Å². The lowest BCUT2D eigenvalue weighted by Gasteiger charge is -2.20. The average Bonchev–Trinajstić information content (AvgIpc) is 1.69. The zero-order valence-corrected chi connectivity index (χ0v) is 72.4. The van der Waals surface area contributed by atoms with Gasteiger partial charge in [-0.3, -0.25) is 0 Å². The summed E-state index contributed by atoms with van der Waals surface area (Å²) in [6.07, 6.45) is 0. The van der Waals surface area contributed by atoms with Crippen LogP contribution in [0.25, 0.3) is 280 Å². The molecular formula is C126H74S3. The maximum absolute atomic E-state index is 2.47. The third-order valence-electron chi connectivity index (χ3n) is 27.6. The SMILES string of the molecule is c1cc(-c2cc(-c3cccc4sc5c(-c6c7ccccc7c(-c7ccc(-c8cccc9c(-c%10cccc%11sc%12c(-c%13c%14ccccc%14c(-c%14ccccc%14-c%14ccc%15ccccc%15c%14)c%14ccccc%13%14)cccc%12c%10%11)cccc89)cc7)c7ccccc67)cccc5c34)cc3ccccc23)cc(-c2c3ccccc3c(-c3cccc4c3sc3ccccc34)c3ccccc23)c1. The minimum Gasteiger partial charge on any atom is -0.135 e. The minimum atomic E-state index is 1.18. The molecule has 0 N–H and O–H groups in total. The number of rotatable bonds is 11. The molecule has 0 spiro atoms. The van der Waals surface area contributed by atoms with E-state index in [1.165, 1.54) is 280 Å². The highest BCUT2D eigenvalue weighted by Gasteiger charge is 2.28. The topological polar surface area (TPSA) is 0 Å². The highest BCUT2D eigenvalue weighted by atomic mass is 32.1. The third-order valence-corrected chi connectivity index (χ3v) is 31.3. The van der Waals surface area contributed by atoms with E-state index in [-0.39, 0.29) is 0 Å². The number of thiophene rings is 3. The molecule has 0 aliphatic rings. The van der Waals surface area contributed by atoms with Gasteiger partial charge >= 0.3 is 0 Å². The van der Waals surface area contributed by atoms with Crippen LogP contribution < -0.4 is 0 Å². The first kappa shape index (κ1) is 73.6. The fourth-order valence-electron chi connectivity index (χ4n) is 22.1. The van der Waals surface area contributed by atoms with Gasteiger partial charge in [0.25, 0.3) is 0 Å². The molecule has 0 unspecified atom stereocenters. The molecule has 0 radical (unpaired) electrons. The Balaban J connectivity index is 0.540. The number of hydrogen-bond donors (Lipinski definition) is 0. The second kappa shape index (κ2) is 29.5. The maximum atomic E-state index is 2.47. The largest absolute Gasteiger partial charge is 0.135 e. The van der Waals surface area contributed by atoms with E-state index in [1.807, 2.05) is 34.0 Å². The molecule has 0 fully saturated rings. The Morgan fingerprint density at radius 3 is 0.992 bits per heavy atom. The van der Waals surface area contributed by atoms with Crippen LogP contribution in [0.3, 0.4) is 0 Å². The predicted octanol–water partition coefficient (Wildman–Crippen LogP) is 37.5. The lowest BCUT2D eigenvalue weighted by molar-refractivity contribution is 1.62. The van der Waals surface area contributed by atoms with Crippen LogP contribution >= 0.6 is 34.0 Å². The number of fused-ring (bicyclic) bond motifs is 18. The molecular weight excluding hydrogens is 1610 g/mol. The van der Waals surface area contributed by atoms with Gasteiger partial charge < -0.3 is 0 Å². The Kier molecular flexibility index (Phi) is 16.8. The van der Waals surface area contributed by atoms with Gasteiger partial charge in [0, 0.05) is 77.2 Å². The summed E-state index contributed by atoms with van der Waals surface area (Å²) in [4.78, 5) is 0. The summed E-state index contributed by atoms with van der Waals surface area (Å²) in [5.74, 6) is 0. The van der Waals surface area contributed by atoms with Gasteiger partial charge in [-0.25, -0.2) is 0 Å². The van der Waals surface area contributed by atoms with E-state index >= 15 is 0 Å². The maximum Gasteiger partial charge on any atom is 0.0434 e. The Morgan fingerprint density at radius 1 is 0.116 bits per heavy atom. The van der Waals surface area contributed by atoms with Crippen molar-refractivity contribution in [2.45, 2.75) is 0 Å². The van der Waals surface area contributed by atoms with Crippen molar-refractivity contribution in [2.24, 2.45) is 0 Å². The van der Waals surface area contributed by atoms with Crippen LogP contribution in [0.5, 0.6) is 0 Å². The number of benzene rings is 24. The monoisotopic (exact) mass is 1680 g/mol. The van der Waals surface area contributed by atoms with E-state index in [2.05, 4.69) is 449 Å². The van der Waals surface area contributed by atoms with Crippen molar-refractivity contribution in [3.63, 3.8) is 0 Å². The molecule has 3 heterocycles. The molecule has 0 nitrogen and oxygen atoms in total. The molecule has 129 heavy (non-hydrogen) atoms. The molecule has 24 aromatic carbocycles. The minimum absolute atomic E-state index is 1.18. The highest BCUT2D eigenvalue weighted by molar-refractivity contribution is 7.27. The zero-order valence-electron chi connectivity index (χ0n) is 69.9. The van der Waals surface area contributed by atoms with Crippen LogP contribution in [-0.2, 0) is 0 Å². The summed E-state index contributed by atoms with van der Waals surface area (Å²) >= 11 is 5.74. The number of hydrogen-bond acceptors (Lipinski definition) is 3. The van der Waals surface area contributed by atoms with Crippen molar-refractivity contribution >= 4 is 191 Å². The normalized spacial score (nSPS) is 12.0. The Hall–Kier alpha value is -15.7. The summed E-state index contributed by atoms with van der Waals surface area (Å²) in [6.45, 7) is 0. The van der Waals surface area contributed by atoms with Gasteiger partial charge in [0.1, 0.15) is 0 Å². The van der Waals surface area contributed by atoms with Gasteiger partial charge in [-0.1, -0.05) is 406 Å². The van der Waals surface area contributed by atoms with Gasteiger partial charge in [-0.15, -0.1) is 34.0 Å². The summed E-state index contributed by atoms with van der Waals surface area (Å²) in [5, 5.41) is 30.1. The van der Waals surface area contributed by atoms with E-state index in [4.69, 9.17) is 0 Å². The van der Waals surface area contributed by atoms with Crippen molar-refractivity contribution in [2.75, 3.05) is 0 Å². The summed E-state index contributed by atoms with van der Waals surface area (Å²) in [5.41, 5.74) is 27.1. The summed E-state index contributed by atoms with van der Waals surface area (Å²) < 4.78 is 7.77. The van der Waals surface area contributed by atoms with E-state index in [0.717, 1.165) is 0 Å². The van der Waals surface area contributed by atoms with Crippen molar-refractivity contribution in [3.8, 4) is 122 Å². The quantitative estimate of drug-likeness (QED) is 0.113. The Bertz CT molecular complexity index is 9290. The molecule has 27 rings (SSSR count). The second-order valence-electron chi connectivity index (χ2n) is 34.4. The van der Waals surface area contributed by atoms with E-state index < -0.39 is 0 Å². The predicted molar refractivity (Wildman–Crippen MR) is 562 cm³/mol. The first-order valence-electron chi connectivity index (χ1n) is 44.5. The summed E-state index contributed by atoms with van der Waals surface area (Å²) in [7, 11) is 0. The van der Waals surface area contributed by atoms with Crippen molar-refractivity contribution < 1.29 is 0 Å². The van der Waals surface area contributed by atoms with Gasteiger partial charge in [0.2, 0.25) is 0 Å². The summed E-state index contributed by atoms with van der Waals surface area (Å²) in [6, 6.07) is 169. The molecule has 0 amide bonds. The molecule has 3 heteroatoms.